The number of rotatable bonds is 3. The molecule has 1 aliphatic rings. The molecule has 94 valence electrons. The van der Waals surface area contributed by atoms with E-state index in [9.17, 15) is 0 Å². The van der Waals surface area contributed by atoms with E-state index >= 15 is 0 Å². The van der Waals surface area contributed by atoms with Gasteiger partial charge in [0.25, 0.3) is 0 Å². The SMILES string of the molecule is CO[C@]1(C)CC[C@H](c2nccc(CO)n2)CC1. The number of hydrogen-bond acceptors (Lipinski definition) is 4. The van der Waals surface area contributed by atoms with Crippen LogP contribution in [0.1, 0.15) is 50.0 Å². The van der Waals surface area contributed by atoms with Crippen molar-refractivity contribution in [3.8, 4) is 0 Å². The number of hydrogen-bond donors (Lipinski definition) is 1. The van der Waals surface area contributed by atoms with Crippen LogP contribution in [0.25, 0.3) is 0 Å². The average molecular weight is 236 g/mol. The van der Waals surface area contributed by atoms with E-state index in [1.165, 1.54) is 0 Å². The van der Waals surface area contributed by atoms with Crippen molar-refractivity contribution >= 4 is 0 Å². The molecule has 0 atom stereocenters. The summed E-state index contributed by atoms with van der Waals surface area (Å²) in [5.41, 5.74) is 0.723. The molecule has 1 aromatic rings. The largest absolute Gasteiger partial charge is 0.390 e. The van der Waals surface area contributed by atoms with Crippen LogP contribution in [0.3, 0.4) is 0 Å². The standard InChI is InChI=1S/C13H20N2O2/c1-13(17-2)6-3-10(4-7-13)12-14-8-5-11(9-16)15-12/h5,8,10,16H,3-4,6-7,9H2,1-2H3/t10-,13+. The minimum atomic E-state index is -0.0158. The first kappa shape index (κ1) is 12.5. The summed E-state index contributed by atoms with van der Waals surface area (Å²) >= 11 is 0. The topological polar surface area (TPSA) is 55.2 Å². The van der Waals surface area contributed by atoms with Gasteiger partial charge in [0.15, 0.2) is 0 Å². The molecular weight excluding hydrogens is 216 g/mol. The predicted molar refractivity (Wildman–Crippen MR) is 64.6 cm³/mol. The molecule has 0 amide bonds. The molecule has 0 aromatic carbocycles. The highest BCUT2D eigenvalue weighted by molar-refractivity contribution is 5.06. The Labute approximate surface area is 102 Å². The Morgan fingerprint density at radius 1 is 1.47 bits per heavy atom. The normalized spacial score (nSPS) is 29.2. The van der Waals surface area contributed by atoms with Gasteiger partial charge in [-0.2, -0.15) is 0 Å². The number of nitrogens with zero attached hydrogens (tertiary/aromatic N) is 2. The maximum Gasteiger partial charge on any atom is 0.131 e. The van der Waals surface area contributed by atoms with E-state index < -0.39 is 0 Å². The van der Waals surface area contributed by atoms with Gasteiger partial charge in [0.1, 0.15) is 5.82 Å². The molecule has 1 heterocycles. The van der Waals surface area contributed by atoms with Gasteiger partial charge in [-0.25, -0.2) is 9.97 Å². The minimum absolute atomic E-state index is 0.0158. The zero-order valence-electron chi connectivity index (χ0n) is 10.5. The van der Waals surface area contributed by atoms with Crippen molar-refractivity contribution in [3.63, 3.8) is 0 Å². The summed E-state index contributed by atoms with van der Waals surface area (Å²) in [6.45, 7) is 2.15. The number of methoxy groups -OCH3 is 1. The van der Waals surface area contributed by atoms with Gasteiger partial charge in [-0.05, 0) is 38.7 Å². The first-order valence-corrected chi connectivity index (χ1v) is 6.15. The fourth-order valence-corrected chi connectivity index (χ4v) is 2.39. The van der Waals surface area contributed by atoms with Crippen molar-refractivity contribution < 1.29 is 9.84 Å². The van der Waals surface area contributed by atoms with Crippen LogP contribution in [-0.4, -0.2) is 27.8 Å². The van der Waals surface area contributed by atoms with Crippen LogP contribution in [0, 0.1) is 0 Å². The fraction of sp³-hybridized carbons (Fsp3) is 0.692. The summed E-state index contributed by atoms with van der Waals surface area (Å²) in [5.74, 6) is 1.28. The number of aromatic nitrogens is 2. The van der Waals surface area contributed by atoms with Crippen LogP contribution in [0.5, 0.6) is 0 Å². The molecular formula is C13H20N2O2. The van der Waals surface area contributed by atoms with Gasteiger partial charge in [0.05, 0.1) is 17.9 Å². The number of aliphatic hydroxyl groups is 1. The highest BCUT2D eigenvalue weighted by Gasteiger charge is 2.32. The van der Waals surface area contributed by atoms with Gasteiger partial charge >= 0.3 is 0 Å². The molecule has 0 bridgehead atoms. The second kappa shape index (κ2) is 5.10. The second-order valence-electron chi connectivity index (χ2n) is 4.99. The van der Waals surface area contributed by atoms with Crippen LogP contribution in [0.2, 0.25) is 0 Å². The van der Waals surface area contributed by atoms with Gasteiger partial charge < -0.3 is 9.84 Å². The summed E-state index contributed by atoms with van der Waals surface area (Å²) in [6.07, 6.45) is 5.93. The smallest absolute Gasteiger partial charge is 0.131 e. The fourth-order valence-electron chi connectivity index (χ4n) is 2.39. The molecule has 0 unspecified atom stereocenters. The predicted octanol–water partition coefficient (Wildman–Crippen LogP) is 2.03. The Morgan fingerprint density at radius 2 is 2.18 bits per heavy atom. The third kappa shape index (κ3) is 2.82. The Morgan fingerprint density at radius 3 is 2.76 bits per heavy atom. The maximum atomic E-state index is 9.07. The monoisotopic (exact) mass is 236 g/mol. The highest BCUT2D eigenvalue weighted by atomic mass is 16.5. The third-order valence-electron chi connectivity index (χ3n) is 3.80. The average Bonchev–Trinajstić information content (AvgIpc) is 2.40. The molecule has 1 aliphatic carbocycles. The number of ether oxygens (including phenoxy) is 1. The van der Waals surface area contributed by atoms with Crippen molar-refractivity contribution in [3.05, 3.63) is 23.8 Å². The van der Waals surface area contributed by atoms with E-state index in [0.717, 1.165) is 31.5 Å². The molecule has 0 radical (unpaired) electrons. The lowest BCUT2D eigenvalue weighted by molar-refractivity contribution is -0.0276. The highest BCUT2D eigenvalue weighted by Crippen LogP contribution is 2.38. The lowest BCUT2D eigenvalue weighted by Crippen LogP contribution is -2.32. The lowest BCUT2D eigenvalue weighted by atomic mass is 9.79. The summed E-state index contributed by atoms with van der Waals surface area (Å²) in [5, 5.41) is 9.07. The Balaban J connectivity index is 2.05. The molecule has 0 spiro atoms. The minimum Gasteiger partial charge on any atom is -0.390 e. The summed E-state index contributed by atoms with van der Waals surface area (Å²) in [6, 6.07) is 1.76. The van der Waals surface area contributed by atoms with Crippen molar-refractivity contribution in [1.82, 2.24) is 9.97 Å². The van der Waals surface area contributed by atoms with Gasteiger partial charge in [0.2, 0.25) is 0 Å². The second-order valence-corrected chi connectivity index (χ2v) is 4.99. The first-order valence-electron chi connectivity index (χ1n) is 6.15. The van der Waals surface area contributed by atoms with Crippen LogP contribution in [-0.2, 0) is 11.3 Å². The van der Waals surface area contributed by atoms with Crippen molar-refractivity contribution in [2.24, 2.45) is 0 Å². The molecule has 2 rings (SSSR count). The quantitative estimate of drug-likeness (QED) is 0.872. The van der Waals surface area contributed by atoms with Crippen molar-refractivity contribution in [1.29, 1.82) is 0 Å². The van der Waals surface area contributed by atoms with E-state index in [1.807, 2.05) is 0 Å². The molecule has 1 fully saturated rings. The molecule has 17 heavy (non-hydrogen) atoms. The summed E-state index contributed by atoms with van der Waals surface area (Å²) in [7, 11) is 1.78. The molecule has 1 aromatic heterocycles. The molecule has 1 saturated carbocycles. The Bertz CT molecular complexity index is 373. The summed E-state index contributed by atoms with van der Waals surface area (Å²) < 4.78 is 5.53. The van der Waals surface area contributed by atoms with E-state index in [4.69, 9.17) is 9.84 Å². The first-order chi connectivity index (χ1) is 8.17. The summed E-state index contributed by atoms with van der Waals surface area (Å²) in [4.78, 5) is 8.71. The Kier molecular flexibility index (Phi) is 3.74. The molecule has 1 N–H and O–H groups in total. The van der Waals surface area contributed by atoms with Crippen LogP contribution < -0.4 is 0 Å². The van der Waals surface area contributed by atoms with Crippen LogP contribution >= 0.6 is 0 Å². The molecule has 0 saturated heterocycles. The third-order valence-corrected chi connectivity index (χ3v) is 3.80. The Hall–Kier alpha value is -1.00. The molecule has 4 heteroatoms. The lowest BCUT2D eigenvalue weighted by Gasteiger charge is -2.35. The molecule has 4 nitrogen and oxygen atoms in total. The van der Waals surface area contributed by atoms with Crippen LogP contribution in [0.15, 0.2) is 12.3 Å². The number of aliphatic hydroxyl groups excluding tert-OH is 1. The van der Waals surface area contributed by atoms with E-state index in [0.29, 0.717) is 11.6 Å². The van der Waals surface area contributed by atoms with Crippen molar-refractivity contribution in [2.75, 3.05) is 7.11 Å². The van der Waals surface area contributed by atoms with Gasteiger partial charge in [-0.15, -0.1) is 0 Å². The van der Waals surface area contributed by atoms with Crippen LogP contribution in [0.4, 0.5) is 0 Å². The van der Waals surface area contributed by atoms with E-state index in [2.05, 4.69) is 16.9 Å². The molecule has 0 aliphatic heterocycles. The maximum absolute atomic E-state index is 9.07. The van der Waals surface area contributed by atoms with Gasteiger partial charge in [-0.3, -0.25) is 0 Å². The zero-order chi connectivity index (χ0) is 12.3. The van der Waals surface area contributed by atoms with E-state index in [1.54, 1.807) is 19.4 Å². The zero-order valence-corrected chi connectivity index (χ0v) is 10.5. The van der Waals surface area contributed by atoms with Crippen molar-refractivity contribution in [2.45, 2.75) is 50.7 Å². The van der Waals surface area contributed by atoms with Gasteiger partial charge in [0, 0.05) is 19.2 Å². The van der Waals surface area contributed by atoms with E-state index in [-0.39, 0.29) is 12.2 Å². The van der Waals surface area contributed by atoms with Gasteiger partial charge in [-0.1, -0.05) is 0 Å².